The molecule has 2 bridgehead atoms. The summed E-state index contributed by atoms with van der Waals surface area (Å²) >= 11 is 0. The fourth-order valence-corrected chi connectivity index (χ4v) is 9.80. The van der Waals surface area contributed by atoms with Crippen molar-refractivity contribution in [1.29, 1.82) is 0 Å². The Morgan fingerprint density at radius 1 is 0.479 bits per heavy atom. The SMILES string of the molecule is O=C1[C@@H]2[C@H]3C=C[C@H](C4=C(c5ccccc5)C[C@H]5C(=O)N(c6cccc7ccccc67)C(=O)[C@@H]5[C@H]43)[C@H]2C(=O)N1c1cccc2ccccc12. The van der Waals surface area contributed by atoms with E-state index in [0.717, 1.165) is 38.3 Å². The third-order valence-electron chi connectivity index (χ3n) is 11.6. The van der Waals surface area contributed by atoms with Gasteiger partial charge >= 0.3 is 0 Å². The number of allylic oxidation sites excluding steroid dienone is 4. The lowest BCUT2D eigenvalue weighted by Crippen LogP contribution is -2.51. The maximum atomic E-state index is 14.7. The van der Waals surface area contributed by atoms with E-state index >= 15 is 0 Å². The average molecular weight is 627 g/mol. The van der Waals surface area contributed by atoms with Gasteiger partial charge in [0.05, 0.1) is 35.0 Å². The fraction of sp³-hybridized carbons (Fsp3) is 0.190. The number of nitrogens with zero attached hydrogens (tertiary/aromatic N) is 2. The topological polar surface area (TPSA) is 74.8 Å². The van der Waals surface area contributed by atoms with Gasteiger partial charge in [-0.1, -0.05) is 121 Å². The van der Waals surface area contributed by atoms with Crippen LogP contribution in [0, 0.1) is 41.4 Å². The van der Waals surface area contributed by atoms with Crippen LogP contribution in [-0.2, 0) is 19.2 Å². The summed E-state index contributed by atoms with van der Waals surface area (Å²) < 4.78 is 0. The minimum atomic E-state index is -0.619. The second kappa shape index (κ2) is 9.94. The molecular weight excluding hydrogens is 596 g/mol. The van der Waals surface area contributed by atoms with Gasteiger partial charge in [-0.25, -0.2) is 9.80 Å². The van der Waals surface area contributed by atoms with E-state index in [-0.39, 0.29) is 41.4 Å². The van der Waals surface area contributed by atoms with Crippen LogP contribution in [0.15, 0.2) is 133 Å². The molecule has 0 unspecified atom stereocenters. The smallest absolute Gasteiger partial charge is 0.238 e. The molecule has 11 rings (SSSR count). The number of hydrogen-bond donors (Lipinski definition) is 0. The number of benzene rings is 5. The Morgan fingerprint density at radius 2 is 1.02 bits per heavy atom. The fourth-order valence-electron chi connectivity index (χ4n) is 9.80. The Balaban J connectivity index is 1.14. The first-order chi connectivity index (χ1) is 23.5. The first-order valence-corrected chi connectivity index (χ1v) is 16.7. The van der Waals surface area contributed by atoms with Crippen molar-refractivity contribution in [2.45, 2.75) is 6.42 Å². The van der Waals surface area contributed by atoms with Gasteiger partial charge in [0.25, 0.3) is 0 Å². The highest BCUT2D eigenvalue weighted by Crippen LogP contribution is 2.63. The molecule has 232 valence electrons. The Hall–Kier alpha value is -5.62. The van der Waals surface area contributed by atoms with Gasteiger partial charge in [-0.05, 0) is 46.4 Å². The van der Waals surface area contributed by atoms with Crippen LogP contribution in [0.1, 0.15) is 12.0 Å². The standard InChI is InChI=1S/C42H30N2O4/c45-39-31-22-30(25-10-2-1-3-11-25)34-28-20-21-29(35(34)38(31)42(48)43(39)32-18-8-14-23-12-4-6-16-26(23)32)37-36(28)40(46)44(41(37)47)33-19-9-15-24-13-5-7-17-27(24)33/h1-21,28-29,31,35-38H,22H2/t28-,29+,31-,35+,36-,37-,38+/m1/s1. The molecule has 2 saturated heterocycles. The summed E-state index contributed by atoms with van der Waals surface area (Å²) in [7, 11) is 0. The normalized spacial score (nSPS) is 28.9. The first kappa shape index (κ1) is 27.5. The zero-order valence-corrected chi connectivity index (χ0v) is 25.9. The molecular formula is C42H30N2O4. The van der Waals surface area contributed by atoms with Gasteiger partial charge in [0.15, 0.2) is 0 Å². The van der Waals surface area contributed by atoms with Gasteiger partial charge in [-0.15, -0.1) is 0 Å². The minimum Gasteiger partial charge on any atom is -0.274 e. The predicted molar refractivity (Wildman–Crippen MR) is 184 cm³/mol. The highest BCUT2D eigenvalue weighted by Gasteiger charge is 2.67. The highest BCUT2D eigenvalue weighted by molar-refractivity contribution is 6.27. The number of fused-ring (bicyclic) bond motifs is 3. The van der Waals surface area contributed by atoms with Crippen LogP contribution in [0.2, 0.25) is 0 Å². The Labute approximate surface area is 277 Å². The van der Waals surface area contributed by atoms with Crippen LogP contribution in [-0.4, -0.2) is 23.6 Å². The number of carbonyl (C=O) groups is 4. The first-order valence-electron chi connectivity index (χ1n) is 16.7. The largest absolute Gasteiger partial charge is 0.274 e. The van der Waals surface area contributed by atoms with Crippen LogP contribution in [0.3, 0.4) is 0 Å². The molecule has 5 aromatic carbocycles. The summed E-state index contributed by atoms with van der Waals surface area (Å²) in [5.41, 5.74) is 4.29. The van der Waals surface area contributed by atoms with Crippen LogP contribution in [0.25, 0.3) is 27.1 Å². The molecule has 48 heavy (non-hydrogen) atoms. The maximum absolute atomic E-state index is 14.7. The molecule has 6 nitrogen and oxygen atoms in total. The van der Waals surface area contributed by atoms with Gasteiger partial charge in [0.1, 0.15) is 0 Å². The second-order valence-corrected chi connectivity index (χ2v) is 13.7. The van der Waals surface area contributed by atoms with E-state index in [0.29, 0.717) is 17.8 Å². The zero-order chi connectivity index (χ0) is 32.3. The lowest BCUT2D eigenvalue weighted by atomic mass is 9.49. The number of carbonyl (C=O) groups excluding carboxylic acids is 4. The lowest BCUT2D eigenvalue weighted by molar-refractivity contribution is -0.129. The number of anilines is 2. The summed E-state index contributed by atoms with van der Waals surface area (Å²) in [5, 5.41) is 3.62. The summed E-state index contributed by atoms with van der Waals surface area (Å²) in [6.45, 7) is 0. The van der Waals surface area contributed by atoms with Crippen molar-refractivity contribution < 1.29 is 19.2 Å². The highest BCUT2D eigenvalue weighted by atomic mass is 16.2. The molecule has 5 aromatic rings. The predicted octanol–water partition coefficient (Wildman–Crippen LogP) is 7.19. The molecule has 3 fully saturated rings. The van der Waals surface area contributed by atoms with E-state index in [1.807, 2.05) is 103 Å². The van der Waals surface area contributed by atoms with Crippen molar-refractivity contribution >= 4 is 62.1 Å². The van der Waals surface area contributed by atoms with Crippen LogP contribution >= 0.6 is 0 Å². The molecule has 6 aliphatic rings. The van der Waals surface area contributed by atoms with Crippen LogP contribution in [0.4, 0.5) is 11.4 Å². The molecule has 0 aromatic heterocycles. The van der Waals surface area contributed by atoms with Gasteiger partial charge in [0, 0.05) is 22.6 Å². The molecule has 2 heterocycles. The van der Waals surface area contributed by atoms with E-state index < -0.39 is 23.7 Å². The third kappa shape index (κ3) is 3.52. The summed E-state index contributed by atoms with van der Waals surface area (Å²) in [6, 6.07) is 37.1. The van der Waals surface area contributed by atoms with Crippen molar-refractivity contribution in [2.24, 2.45) is 41.4 Å². The quantitative estimate of drug-likeness (QED) is 0.157. The summed E-state index contributed by atoms with van der Waals surface area (Å²) in [4.78, 5) is 61.2. The molecule has 0 radical (unpaired) electrons. The van der Waals surface area contributed by atoms with Crippen molar-refractivity contribution in [1.82, 2.24) is 0 Å². The van der Waals surface area contributed by atoms with Gasteiger partial charge in [0.2, 0.25) is 23.6 Å². The van der Waals surface area contributed by atoms with Gasteiger partial charge in [-0.3, -0.25) is 19.2 Å². The van der Waals surface area contributed by atoms with Crippen molar-refractivity contribution in [3.63, 3.8) is 0 Å². The average Bonchev–Trinajstić information content (AvgIpc) is 3.56. The molecule has 1 saturated carbocycles. The van der Waals surface area contributed by atoms with Crippen molar-refractivity contribution in [3.05, 3.63) is 139 Å². The van der Waals surface area contributed by atoms with Crippen molar-refractivity contribution in [3.8, 4) is 0 Å². The number of rotatable bonds is 3. The van der Waals surface area contributed by atoms with E-state index in [9.17, 15) is 19.2 Å². The molecule has 4 amide bonds. The van der Waals surface area contributed by atoms with Crippen molar-refractivity contribution in [2.75, 3.05) is 9.80 Å². The Morgan fingerprint density at radius 3 is 1.69 bits per heavy atom. The summed E-state index contributed by atoms with van der Waals surface area (Å²) in [6.07, 6.45) is 4.58. The monoisotopic (exact) mass is 626 g/mol. The Kier molecular flexibility index (Phi) is 5.69. The van der Waals surface area contributed by atoms with E-state index in [2.05, 4.69) is 24.3 Å². The number of imide groups is 2. The summed E-state index contributed by atoms with van der Waals surface area (Å²) in [5.74, 6) is -4.25. The number of hydrogen-bond acceptors (Lipinski definition) is 4. The van der Waals surface area contributed by atoms with Crippen LogP contribution in [0.5, 0.6) is 0 Å². The Bertz CT molecular complexity index is 2310. The molecule has 4 aliphatic carbocycles. The van der Waals surface area contributed by atoms with E-state index in [4.69, 9.17) is 0 Å². The molecule has 0 spiro atoms. The zero-order valence-electron chi connectivity index (χ0n) is 25.9. The molecule has 0 N–H and O–H groups in total. The minimum absolute atomic E-state index is 0.188. The number of amides is 4. The lowest BCUT2D eigenvalue weighted by Gasteiger charge is -2.51. The van der Waals surface area contributed by atoms with E-state index in [1.165, 1.54) is 9.80 Å². The molecule has 2 aliphatic heterocycles. The maximum Gasteiger partial charge on any atom is 0.238 e. The van der Waals surface area contributed by atoms with Gasteiger partial charge < -0.3 is 0 Å². The molecule has 6 heteroatoms. The van der Waals surface area contributed by atoms with E-state index in [1.54, 1.807) is 0 Å². The van der Waals surface area contributed by atoms with Gasteiger partial charge in [-0.2, -0.15) is 0 Å². The third-order valence-corrected chi connectivity index (χ3v) is 11.6. The second-order valence-electron chi connectivity index (χ2n) is 13.7. The van der Waals surface area contributed by atoms with Crippen LogP contribution < -0.4 is 9.80 Å². The molecule has 7 atom stereocenters.